The van der Waals surface area contributed by atoms with Crippen molar-refractivity contribution < 1.29 is 27.8 Å². The molecule has 0 spiro atoms. The van der Waals surface area contributed by atoms with Crippen molar-refractivity contribution in [3.63, 3.8) is 0 Å². The van der Waals surface area contributed by atoms with Crippen LogP contribution in [0.25, 0.3) is 11.1 Å². The van der Waals surface area contributed by atoms with Crippen LogP contribution in [0.15, 0.2) is 54.7 Å². The maximum absolute atomic E-state index is 13.1. The summed E-state index contributed by atoms with van der Waals surface area (Å²) in [6.07, 6.45) is 1.46. The molecule has 1 saturated carbocycles. The normalized spacial score (nSPS) is 22.5. The average molecular weight is 638 g/mol. The third-order valence-corrected chi connectivity index (χ3v) is 9.70. The number of carbonyl (C=O) groups is 1. The van der Waals surface area contributed by atoms with E-state index in [9.17, 15) is 23.1 Å². The summed E-state index contributed by atoms with van der Waals surface area (Å²) in [4.78, 5) is 21.4. The minimum absolute atomic E-state index is 0.216. The number of aliphatic hydroxyl groups is 1. The van der Waals surface area contributed by atoms with Crippen LogP contribution >= 0.6 is 0 Å². The number of rotatable bonds is 9. The van der Waals surface area contributed by atoms with E-state index in [0.717, 1.165) is 69.2 Å². The average Bonchev–Trinajstić information content (AvgIpc) is 3.50. The summed E-state index contributed by atoms with van der Waals surface area (Å²) in [5.74, 6) is -0.925. The molecule has 1 aliphatic heterocycles. The Morgan fingerprint density at radius 2 is 1.76 bits per heavy atom. The van der Waals surface area contributed by atoms with Gasteiger partial charge >= 0.3 is 6.18 Å². The number of β-amino-alcohol motifs (C(OH)–C–C–N with tert-alkyl or cyclic N) is 1. The number of aliphatic hydroxyl groups excluding tert-OH is 1. The Hall–Kier alpha value is -3.51. The molecule has 1 aromatic heterocycles. The first kappa shape index (κ1) is 32.4. The van der Waals surface area contributed by atoms with Gasteiger partial charge in [0.25, 0.3) is 5.91 Å². The summed E-state index contributed by atoms with van der Waals surface area (Å²) in [5.41, 5.74) is 10.6. The van der Waals surface area contributed by atoms with Crippen LogP contribution < -0.4 is 11.1 Å². The largest absolute Gasteiger partial charge is 0.417 e. The number of anilines is 1. The van der Waals surface area contributed by atoms with Crippen LogP contribution in [-0.2, 0) is 23.9 Å². The quantitative estimate of drug-likeness (QED) is 0.296. The highest BCUT2D eigenvalue weighted by molar-refractivity contribution is 5.98. The molecule has 3 aliphatic rings. The number of nitrogen functional groups attached to an aromatic ring is 1. The molecule has 11 heteroatoms. The number of nitrogens with one attached hydrogen (secondary N) is 1. The highest BCUT2D eigenvalue weighted by Crippen LogP contribution is 2.37. The van der Waals surface area contributed by atoms with E-state index >= 15 is 0 Å². The number of nitrogens with zero attached hydrogens (tertiary/aromatic N) is 3. The zero-order valence-corrected chi connectivity index (χ0v) is 25.9. The number of halogens is 3. The molecule has 8 nitrogen and oxygen atoms in total. The molecule has 0 radical (unpaired) electrons. The van der Waals surface area contributed by atoms with E-state index in [0.29, 0.717) is 25.3 Å². The van der Waals surface area contributed by atoms with Gasteiger partial charge in [-0.05, 0) is 72.4 Å². The SMILES string of the molecule is Nc1ncc(C(F)(F)F)cc1C(=O)N[C@H]1CCC[C@@H]1OCc1ccc(-c2ccc3c(c2)CCCC3N2CCN(CCO)CC2)cc1. The Labute approximate surface area is 267 Å². The number of hydrogen-bond donors (Lipinski definition) is 3. The molecule has 2 heterocycles. The van der Waals surface area contributed by atoms with Crippen molar-refractivity contribution >= 4 is 11.7 Å². The van der Waals surface area contributed by atoms with Crippen molar-refractivity contribution in [3.05, 3.63) is 82.5 Å². The number of nitrogens with two attached hydrogens (primary N) is 1. The van der Waals surface area contributed by atoms with Crippen LogP contribution in [0.2, 0.25) is 0 Å². The highest BCUT2D eigenvalue weighted by atomic mass is 19.4. The van der Waals surface area contributed by atoms with Crippen LogP contribution in [0.3, 0.4) is 0 Å². The van der Waals surface area contributed by atoms with E-state index in [-0.39, 0.29) is 30.1 Å². The zero-order chi connectivity index (χ0) is 32.3. The lowest BCUT2D eigenvalue weighted by Gasteiger charge is -2.41. The van der Waals surface area contributed by atoms with Gasteiger partial charge in [-0.25, -0.2) is 4.98 Å². The van der Waals surface area contributed by atoms with Gasteiger partial charge in [-0.15, -0.1) is 0 Å². The van der Waals surface area contributed by atoms with Crippen molar-refractivity contribution in [1.29, 1.82) is 0 Å². The standard InChI is InChI=1S/C35H42F3N5O3/c36-35(37,38)27-20-29(33(39)40-21-27)34(45)41-30-4-2-6-32(30)46-22-23-7-9-24(10-8-23)25-11-12-28-26(19-25)3-1-5-31(28)43-15-13-42(14-16-43)17-18-44/h7-12,19-21,30-32,44H,1-6,13-18,22H2,(H2,39,40)(H,41,45)/t30-,31?,32-/m0/s1. The van der Waals surface area contributed by atoms with Crippen molar-refractivity contribution in [2.75, 3.05) is 45.1 Å². The van der Waals surface area contributed by atoms with Crippen LogP contribution in [0, 0.1) is 0 Å². The summed E-state index contributed by atoms with van der Waals surface area (Å²) in [6, 6.07) is 16.1. The minimum Gasteiger partial charge on any atom is -0.395 e. The van der Waals surface area contributed by atoms with E-state index in [1.54, 1.807) is 0 Å². The van der Waals surface area contributed by atoms with Gasteiger partial charge < -0.3 is 20.9 Å². The summed E-state index contributed by atoms with van der Waals surface area (Å²) in [5, 5.41) is 12.1. The lowest BCUT2D eigenvalue weighted by Crippen LogP contribution is -2.48. The van der Waals surface area contributed by atoms with Gasteiger partial charge in [0.1, 0.15) is 5.82 Å². The number of amides is 1. The van der Waals surface area contributed by atoms with E-state index in [1.807, 2.05) is 0 Å². The molecule has 4 N–H and O–H groups in total. The molecule has 0 bridgehead atoms. The molecule has 2 aliphatic carbocycles. The Balaban J connectivity index is 1.05. The van der Waals surface area contributed by atoms with Crippen LogP contribution in [0.1, 0.15) is 70.8 Å². The third-order valence-electron chi connectivity index (χ3n) is 9.70. The molecule has 3 aromatic rings. The molecule has 46 heavy (non-hydrogen) atoms. The topological polar surface area (TPSA) is 104 Å². The molecule has 2 fully saturated rings. The van der Waals surface area contributed by atoms with Crippen molar-refractivity contribution in [1.82, 2.24) is 20.1 Å². The predicted molar refractivity (Wildman–Crippen MR) is 170 cm³/mol. The van der Waals surface area contributed by atoms with Crippen molar-refractivity contribution in [2.45, 2.75) is 69.5 Å². The Morgan fingerprint density at radius 1 is 1.00 bits per heavy atom. The summed E-state index contributed by atoms with van der Waals surface area (Å²) in [7, 11) is 0. The summed E-state index contributed by atoms with van der Waals surface area (Å²) < 4.78 is 45.6. The van der Waals surface area contributed by atoms with E-state index in [2.05, 4.69) is 62.6 Å². The number of fused-ring (bicyclic) bond motifs is 1. The second-order valence-electron chi connectivity index (χ2n) is 12.6. The zero-order valence-electron chi connectivity index (χ0n) is 25.9. The Kier molecular flexibility index (Phi) is 9.93. The predicted octanol–water partition coefficient (Wildman–Crippen LogP) is 5.20. The summed E-state index contributed by atoms with van der Waals surface area (Å²) in [6.45, 7) is 5.40. The number of aryl methyl sites for hydroxylation is 1. The molecule has 1 unspecified atom stereocenters. The molecule has 2 aromatic carbocycles. The number of pyridine rings is 1. The van der Waals surface area contributed by atoms with E-state index < -0.39 is 17.6 Å². The van der Waals surface area contributed by atoms with Gasteiger partial charge in [-0.2, -0.15) is 13.2 Å². The monoisotopic (exact) mass is 637 g/mol. The Morgan fingerprint density at radius 3 is 2.50 bits per heavy atom. The molecule has 6 rings (SSSR count). The maximum Gasteiger partial charge on any atom is 0.417 e. The van der Waals surface area contributed by atoms with Crippen LogP contribution in [-0.4, -0.2) is 77.3 Å². The number of alkyl halides is 3. The van der Waals surface area contributed by atoms with E-state index in [1.165, 1.54) is 29.5 Å². The second kappa shape index (κ2) is 14.1. The number of aromatic nitrogens is 1. The first-order valence-electron chi connectivity index (χ1n) is 16.2. The second-order valence-corrected chi connectivity index (χ2v) is 12.6. The van der Waals surface area contributed by atoms with Gasteiger partial charge in [-0.3, -0.25) is 14.6 Å². The van der Waals surface area contributed by atoms with E-state index in [4.69, 9.17) is 10.5 Å². The summed E-state index contributed by atoms with van der Waals surface area (Å²) >= 11 is 0. The smallest absolute Gasteiger partial charge is 0.395 e. The molecule has 1 saturated heterocycles. The minimum atomic E-state index is -4.62. The number of ether oxygens (including phenoxy) is 1. The lowest BCUT2D eigenvalue weighted by molar-refractivity contribution is -0.137. The Bertz CT molecular complexity index is 1510. The highest BCUT2D eigenvalue weighted by Gasteiger charge is 2.34. The van der Waals surface area contributed by atoms with Crippen LogP contribution in [0.4, 0.5) is 19.0 Å². The number of benzene rings is 2. The van der Waals surface area contributed by atoms with Gasteiger partial charge in [0.2, 0.25) is 0 Å². The van der Waals surface area contributed by atoms with Crippen LogP contribution in [0.5, 0.6) is 0 Å². The fourth-order valence-electron chi connectivity index (χ4n) is 7.13. The molecular weight excluding hydrogens is 595 g/mol. The lowest BCUT2D eigenvalue weighted by atomic mass is 9.84. The fourth-order valence-corrected chi connectivity index (χ4v) is 7.13. The molecular formula is C35H42F3N5O3. The third kappa shape index (κ3) is 7.38. The number of carbonyl (C=O) groups excluding carboxylic acids is 1. The maximum atomic E-state index is 13.1. The molecule has 1 amide bonds. The fraction of sp³-hybridized carbons (Fsp3) is 0.486. The van der Waals surface area contributed by atoms with Gasteiger partial charge in [0.05, 0.1) is 36.5 Å². The molecule has 3 atom stereocenters. The molecule has 246 valence electrons. The first-order valence-corrected chi connectivity index (χ1v) is 16.2. The van der Waals surface area contributed by atoms with Gasteiger partial charge in [-0.1, -0.05) is 42.5 Å². The van der Waals surface area contributed by atoms with Crippen molar-refractivity contribution in [3.8, 4) is 11.1 Å². The van der Waals surface area contributed by atoms with Gasteiger partial charge in [0.15, 0.2) is 0 Å². The van der Waals surface area contributed by atoms with Gasteiger partial charge in [0, 0.05) is 45.0 Å². The van der Waals surface area contributed by atoms with Crippen molar-refractivity contribution in [2.24, 2.45) is 0 Å². The number of hydrogen-bond acceptors (Lipinski definition) is 7. The first-order chi connectivity index (χ1) is 22.2. The number of piperazine rings is 1.